The van der Waals surface area contributed by atoms with E-state index in [4.69, 9.17) is 4.52 Å². The third kappa shape index (κ3) is 7.05. The summed E-state index contributed by atoms with van der Waals surface area (Å²) in [7, 11) is 2.15. The molecule has 0 bridgehead atoms. The Kier molecular flexibility index (Phi) is 8.03. The van der Waals surface area contributed by atoms with Crippen molar-refractivity contribution in [3.8, 4) is 0 Å². The molecule has 1 aromatic heterocycles. The average Bonchev–Trinajstić information content (AvgIpc) is 3.51. The highest BCUT2D eigenvalue weighted by atomic mass is 19.4. The normalized spacial score (nSPS) is 21.1. The lowest BCUT2D eigenvalue weighted by Gasteiger charge is -2.34. The molecule has 2 heterocycles. The van der Waals surface area contributed by atoms with Crippen LogP contribution in [0.3, 0.4) is 0 Å². The minimum atomic E-state index is -4.69. The van der Waals surface area contributed by atoms with Gasteiger partial charge in [-0.25, -0.2) is 4.79 Å². The topological polar surface area (TPSA) is 103 Å². The maximum absolute atomic E-state index is 13.6. The smallest absolute Gasteiger partial charge is 0.326 e. The molecule has 3 aromatic rings. The molecule has 9 nitrogen and oxygen atoms in total. The number of aromatic nitrogens is 2. The molecule has 0 radical (unpaired) electrons. The number of anilines is 3. The average molecular weight is 572 g/mol. The van der Waals surface area contributed by atoms with E-state index < -0.39 is 23.7 Å². The second-order valence-electron chi connectivity index (χ2n) is 11.3. The van der Waals surface area contributed by atoms with Crippen molar-refractivity contribution in [2.24, 2.45) is 5.41 Å². The third-order valence-electron chi connectivity index (χ3n) is 8.15. The van der Waals surface area contributed by atoms with Gasteiger partial charge < -0.3 is 15.5 Å². The van der Waals surface area contributed by atoms with Crippen LogP contribution in [0.2, 0.25) is 0 Å². The van der Waals surface area contributed by atoms with Crippen molar-refractivity contribution >= 4 is 29.2 Å². The van der Waals surface area contributed by atoms with E-state index in [0.717, 1.165) is 62.0 Å². The zero-order chi connectivity index (χ0) is 29.2. The molecule has 41 heavy (non-hydrogen) atoms. The quantitative estimate of drug-likeness (QED) is 0.337. The van der Waals surface area contributed by atoms with Crippen LogP contribution in [0.15, 0.2) is 53.2 Å². The van der Waals surface area contributed by atoms with Crippen LogP contribution in [-0.4, -0.2) is 42.2 Å². The SMILES string of the molecule is Cc1ccccc1CC(=O)Nc1cc(NC(=O)Nc2c[n+](C3CCC4(CC3)CCN(C)C4)no2)cc(C(F)(F)F)c1. The van der Waals surface area contributed by atoms with E-state index in [1.165, 1.54) is 12.5 Å². The zero-order valence-corrected chi connectivity index (χ0v) is 23.1. The number of rotatable bonds is 6. The van der Waals surface area contributed by atoms with Gasteiger partial charge in [-0.15, -0.1) is 0 Å². The summed E-state index contributed by atoms with van der Waals surface area (Å²) in [5, 5.41) is 11.4. The van der Waals surface area contributed by atoms with Gasteiger partial charge in [-0.1, -0.05) is 24.3 Å². The summed E-state index contributed by atoms with van der Waals surface area (Å²) in [5.74, 6) is -0.407. The predicted molar refractivity (Wildman–Crippen MR) is 146 cm³/mol. The summed E-state index contributed by atoms with van der Waals surface area (Å²) in [5.41, 5.74) is 0.791. The number of likely N-dealkylation sites (tertiary alicyclic amines) is 1. The highest BCUT2D eigenvalue weighted by Crippen LogP contribution is 2.45. The lowest BCUT2D eigenvalue weighted by molar-refractivity contribution is -0.787. The lowest BCUT2D eigenvalue weighted by Crippen LogP contribution is -2.44. The van der Waals surface area contributed by atoms with Gasteiger partial charge in [-0.2, -0.15) is 13.2 Å². The number of nitrogens with one attached hydrogen (secondary N) is 3. The second-order valence-corrected chi connectivity index (χ2v) is 11.3. The van der Waals surface area contributed by atoms with Gasteiger partial charge in [-0.3, -0.25) is 14.6 Å². The highest BCUT2D eigenvalue weighted by molar-refractivity contribution is 6.00. The number of halogens is 3. The number of nitrogens with zero attached hydrogens (tertiary/aromatic N) is 3. The summed E-state index contributed by atoms with van der Waals surface area (Å²) in [6.07, 6.45) is 2.23. The predicted octanol–water partition coefficient (Wildman–Crippen LogP) is 5.55. The molecule has 1 saturated heterocycles. The number of carbonyl (C=O) groups excluding carboxylic acids is 2. The van der Waals surface area contributed by atoms with Crippen LogP contribution in [0.25, 0.3) is 0 Å². The summed E-state index contributed by atoms with van der Waals surface area (Å²) in [4.78, 5) is 27.6. The molecule has 1 saturated carbocycles. The minimum absolute atomic E-state index is 0.00329. The van der Waals surface area contributed by atoms with E-state index in [1.54, 1.807) is 23.0 Å². The first-order valence-corrected chi connectivity index (χ1v) is 13.7. The Balaban J connectivity index is 1.21. The molecule has 2 aromatic carbocycles. The van der Waals surface area contributed by atoms with E-state index in [0.29, 0.717) is 5.41 Å². The Morgan fingerprint density at radius 2 is 1.78 bits per heavy atom. The molecule has 2 fully saturated rings. The van der Waals surface area contributed by atoms with Gasteiger partial charge in [-0.05, 0) is 79.2 Å². The molecule has 3 N–H and O–H groups in total. The standard InChI is InChI=1S/C29H33F3N6O3/c1-19-5-3-4-6-20(19)13-25(39)33-22-14-21(29(30,31)32)15-23(16-22)34-27(40)35-26-17-38(36-41-26)24-7-9-28(10-8-24)11-12-37(2)18-28/h3-6,14-17,24H,7-13,18H2,1-2H3,(H2-,33,34,35,36,39,40)/p+1. The zero-order valence-electron chi connectivity index (χ0n) is 23.1. The summed E-state index contributed by atoms with van der Waals surface area (Å²) in [6.45, 7) is 4.09. The van der Waals surface area contributed by atoms with E-state index in [2.05, 4.69) is 33.2 Å². The van der Waals surface area contributed by atoms with Gasteiger partial charge in [0.25, 0.3) is 6.20 Å². The third-order valence-corrected chi connectivity index (χ3v) is 8.15. The minimum Gasteiger partial charge on any atom is -0.326 e. The maximum Gasteiger partial charge on any atom is 0.416 e. The van der Waals surface area contributed by atoms with Gasteiger partial charge in [0.1, 0.15) is 0 Å². The molecular weight excluding hydrogens is 537 g/mol. The first-order chi connectivity index (χ1) is 19.5. The number of hydrogen-bond acceptors (Lipinski definition) is 5. The van der Waals surface area contributed by atoms with E-state index >= 15 is 0 Å². The number of benzene rings is 2. The molecule has 218 valence electrons. The fourth-order valence-electron chi connectivity index (χ4n) is 5.93. The van der Waals surface area contributed by atoms with Crippen molar-refractivity contribution in [3.05, 3.63) is 65.4 Å². The van der Waals surface area contributed by atoms with Gasteiger partial charge in [0, 0.05) is 30.8 Å². The van der Waals surface area contributed by atoms with Gasteiger partial charge in [0.15, 0.2) is 6.04 Å². The molecular formula is C29H34F3N6O3+. The van der Waals surface area contributed by atoms with E-state index in [1.807, 2.05) is 19.1 Å². The first kappa shape index (κ1) is 28.6. The van der Waals surface area contributed by atoms with Crippen molar-refractivity contribution in [1.29, 1.82) is 0 Å². The van der Waals surface area contributed by atoms with Crippen LogP contribution < -0.4 is 20.6 Å². The molecule has 0 unspecified atom stereocenters. The monoisotopic (exact) mass is 571 g/mol. The molecule has 2 aliphatic rings. The summed E-state index contributed by atoms with van der Waals surface area (Å²) in [6, 6.07) is 9.51. The lowest BCUT2D eigenvalue weighted by atomic mass is 9.72. The molecule has 0 atom stereocenters. The molecule has 12 heteroatoms. The maximum atomic E-state index is 13.6. The van der Waals surface area contributed by atoms with Crippen LogP contribution in [0.5, 0.6) is 0 Å². The van der Waals surface area contributed by atoms with Crippen molar-refractivity contribution < 1.29 is 32.0 Å². The Morgan fingerprint density at radius 1 is 1.07 bits per heavy atom. The van der Waals surface area contributed by atoms with Crippen molar-refractivity contribution in [2.45, 2.75) is 57.7 Å². The van der Waals surface area contributed by atoms with Gasteiger partial charge in [0.2, 0.25) is 11.2 Å². The van der Waals surface area contributed by atoms with E-state index in [9.17, 15) is 22.8 Å². The van der Waals surface area contributed by atoms with Gasteiger partial charge >= 0.3 is 18.1 Å². The summed E-state index contributed by atoms with van der Waals surface area (Å²) < 4.78 is 47.8. The summed E-state index contributed by atoms with van der Waals surface area (Å²) >= 11 is 0. The number of alkyl halides is 3. The fraction of sp³-hybridized carbons (Fsp3) is 0.448. The number of carbonyl (C=O) groups is 2. The molecule has 1 spiro atoms. The number of urea groups is 1. The van der Waals surface area contributed by atoms with Crippen LogP contribution in [0.4, 0.5) is 35.2 Å². The molecule has 5 rings (SSSR count). The first-order valence-electron chi connectivity index (χ1n) is 13.7. The van der Waals surface area contributed by atoms with Crippen LogP contribution >= 0.6 is 0 Å². The number of hydrogen-bond donors (Lipinski definition) is 3. The Hall–Kier alpha value is -3.93. The van der Waals surface area contributed by atoms with Crippen molar-refractivity contribution in [2.75, 3.05) is 36.1 Å². The van der Waals surface area contributed by atoms with Gasteiger partial charge in [0.05, 0.1) is 12.0 Å². The number of amides is 3. The van der Waals surface area contributed by atoms with Crippen molar-refractivity contribution in [1.82, 2.24) is 10.2 Å². The fourth-order valence-corrected chi connectivity index (χ4v) is 5.93. The van der Waals surface area contributed by atoms with Crippen LogP contribution in [0, 0.1) is 12.3 Å². The van der Waals surface area contributed by atoms with Crippen LogP contribution in [-0.2, 0) is 17.4 Å². The largest absolute Gasteiger partial charge is 0.416 e. The molecule has 1 aliphatic heterocycles. The Morgan fingerprint density at radius 3 is 2.44 bits per heavy atom. The van der Waals surface area contributed by atoms with E-state index in [-0.39, 0.29) is 29.7 Å². The Labute approximate surface area is 236 Å². The number of aryl methyl sites for hydroxylation is 1. The molecule has 3 amide bonds. The van der Waals surface area contributed by atoms with Crippen molar-refractivity contribution in [3.63, 3.8) is 0 Å². The Bertz CT molecular complexity index is 1410. The highest BCUT2D eigenvalue weighted by Gasteiger charge is 2.43. The second kappa shape index (κ2) is 11.5. The molecule has 1 aliphatic carbocycles. The van der Waals surface area contributed by atoms with Crippen LogP contribution in [0.1, 0.15) is 54.8 Å².